The fraction of sp³-hybridized carbons (Fsp3) is 0.706. The van der Waals surface area contributed by atoms with Gasteiger partial charge in [-0.05, 0) is 31.5 Å². The molecule has 0 bridgehead atoms. The summed E-state index contributed by atoms with van der Waals surface area (Å²) in [5, 5.41) is 6.84. The van der Waals surface area contributed by atoms with Crippen molar-refractivity contribution in [2.75, 3.05) is 74.8 Å². The molecule has 2 N–H and O–H groups in total. The van der Waals surface area contributed by atoms with Gasteiger partial charge in [-0.3, -0.25) is 0 Å². The third-order valence-corrected chi connectivity index (χ3v) is 4.75. The second-order valence-electron chi connectivity index (χ2n) is 6.43. The number of hydrogen-bond acceptors (Lipinski definition) is 7. The smallest absolute Gasteiger partial charge is 0.232 e. The summed E-state index contributed by atoms with van der Waals surface area (Å²) in [4.78, 5) is 13.9. The summed E-state index contributed by atoms with van der Waals surface area (Å²) in [5.74, 6) is 2.43. The topological polar surface area (TPSA) is 74.8 Å². The van der Waals surface area contributed by atoms with E-state index in [1.54, 1.807) is 7.11 Å². The highest BCUT2D eigenvalue weighted by Crippen LogP contribution is 2.24. The van der Waals surface area contributed by atoms with Gasteiger partial charge in [0, 0.05) is 52.5 Å². The minimum atomic E-state index is 0.535. The molecule has 0 unspecified atom stereocenters. The molecule has 0 saturated carbocycles. The van der Waals surface area contributed by atoms with Crippen LogP contribution >= 0.6 is 12.2 Å². The molecule has 2 aliphatic rings. The van der Waals surface area contributed by atoms with E-state index in [1.807, 2.05) is 0 Å². The first kappa shape index (κ1) is 19.1. The first-order chi connectivity index (χ1) is 12.8. The molecular formula is C17H28N6O2S. The summed E-state index contributed by atoms with van der Waals surface area (Å²) < 4.78 is 10.5. The van der Waals surface area contributed by atoms with Crippen LogP contribution in [0.2, 0.25) is 0 Å². The number of anilines is 3. The molecule has 0 radical (unpaired) electrons. The molecule has 0 amide bonds. The van der Waals surface area contributed by atoms with E-state index in [0.29, 0.717) is 17.7 Å². The molecule has 1 aromatic heterocycles. The second kappa shape index (κ2) is 9.84. The first-order valence-corrected chi connectivity index (χ1v) is 9.67. The summed E-state index contributed by atoms with van der Waals surface area (Å²) in [5.41, 5.74) is 0. The lowest BCUT2D eigenvalue weighted by atomic mass is 10.4. The zero-order valence-corrected chi connectivity index (χ0v) is 16.2. The van der Waals surface area contributed by atoms with Gasteiger partial charge in [0.1, 0.15) is 11.6 Å². The molecule has 2 aliphatic heterocycles. The summed E-state index contributed by atoms with van der Waals surface area (Å²) in [6.45, 7) is 6.68. The van der Waals surface area contributed by atoms with Gasteiger partial charge in [0.15, 0.2) is 5.11 Å². The Kier molecular flexibility index (Phi) is 7.22. The fourth-order valence-electron chi connectivity index (χ4n) is 3.10. The van der Waals surface area contributed by atoms with E-state index in [4.69, 9.17) is 21.7 Å². The number of aromatic nitrogens is 2. The predicted octanol–water partition coefficient (Wildman–Crippen LogP) is 1.24. The average Bonchev–Trinajstić information content (AvgIpc) is 3.21. The van der Waals surface area contributed by atoms with Crippen molar-refractivity contribution >= 4 is 34.9 Å². The van der Waals surface area contributed by atoms with Gasteiger partial charge in [0.05, 0.1) is 13.2 Å². The number of nitrogens with one attached hydrogen (secondary N) is 2. The van der Waals surface area contributed by atoms with Gasteiger partial charge in [-0.1, -0.05) is 0 Å². The van der Waals surface area contributed by atoms with Crippen molar-refractivity contribution in [2.45, 2.75) is 19.3 Å². The average molecular weight is 381 g/mol. The minimum absolute atomic E-state index is 0.535. The summed E-state index contributed by atoms with van der Waals surface area (Å²) >= 11 is 5.37. The van der Waals surface area contributed by atoms with E-state index in [0.717, 1.165) is 64.0 Å². The van der Waals surface area contributed by atoms with Crippen LogP contribution in [0.5, 0.6) is 0 Å². The Hall–Kier alpha value is -1.71. The Morgan fingerprint density at radius 3 is 2.46 bits per heavy atom. The summed E-state index contributed by atoms with van der Waals surface area (Å²) in [7, 11) is 1.70. The highest BCUT2D eigenvalue weighted by molar-refractivity contribution is 7.80. The van der Waals surface area contributed by atoms with Crippen LogP contribution in [0.1, 0.15) is 19.3 Å². The normalized spacial score (nSPS) is 17.4. The Morgan fingerprint density at radius 1 is 1.15 bits per heavy atom. The molecule has 0 aromatic carbocycles. The molecule has 26 heavy (non-hydrogen) atoms. The number of ether oxygens (including phenoxy) is 2. The first-order valence-electron chi connectivity index (χ1n) is 9.27. The largest absolute Gasteiger partial charge is 0.385 e. The zero-order chi connectivity index (χ0) is 18.2. The van der Waals surface area contributed by atoms with Crippen LogP contribution in [0, 0.1) is 0 Å². The van der Waals surface area contributed by atoms with Gasteiger partial charge in [-0.15, -0.1) is 0 Å². The SMILES string of the molecule is COCCCNC(=S)Nc1nc(N2CCCC2)cc(N2CCOCC2)n1. The van der Waals surface area contributed by atoms with Gasteiger partial charge in [-0.2, -0.15) is 9.97 Å². The van der Waals surface area contributed by atoms with Crippen molar-refractivity contribution in [1.82, 2.24) is 15.3 Å². The van der Waals surface area contributed by atoms with Crippen molar-refractivity contribution in [2.24, 2.45) is 0 Å². The Balaban J connectivity index is 1.70. The monoisotopic (exact) mass is 380 g/mol. The van der Waals surface area contributed by atoms with Crippen LogP contribution < -0.4 is 20.4 Å². The molecule has 3 heterocycles. The number of morpholine rings is 1. The molecule has 1 aromatic rings. The minimum Gasteiger partial charge on any atom is -0.385 e. The van der Waals surface area contributed by atoms with Crippen LogP contribution in [0.15, 0.2) is 6.07 Å². The maximum Gasteiger partial charge on any atom is 0.232 e. The quantitative estimate of drug-likeness (QED) is 0.537. The van der Waals surface area contributed by atoms with Crippen LogP contribution in [0.3, 0.4) is 0 Å². The molecule has 2 fully saturated rings. The lowest BCUT2D eigenvalue weighted by Crippen LogP contribution is -2.37. The van der Waals surface area contributed by atoms with Gasteiger partial charge in [-0.25, -0.2) is 0 Å². The highest BCUT2D eigenvalue weighted by Gasteiger charge is 2.19. The van der Waals surface area contributed by atoms with E-state index in [9.17, 15) is 0 Å². The van der Waals surface area contributed by atoms with Gasteiger partial charge < -0.3 is 29.9 Å². The zero-order valence-electron chi connectivity index (χ0n) is 15.4. The van der Waals surface area contributed by atoms with Gasteiger partial charge in [0.2, 0.25) is 5.95 Å². The Bertz CT molecular complexity index is 591. The molecule has 9 heteroatoms. The van der Waals surface area contributed by atoms with E-state index >= 15 is 0 Å². The van der Waals surface area contributed by atoms with Crippen molar-refractivity contribution in [3.05, 3.63) is 6.07 Å². The maximum absolute atomic E-state index is 5.46. The number of hydrogen-bond donors (Lipinski definition) is 2. The van der Waals surface area contributed by atoms with E-state index in [1.165, 1.54) is 12.8 Å². The molecule has 0 atom stereocenters. The number of thiocarbonyl (C=S) groups is 1. The molecule has 3 rings (SSSR count). The molecule has 144 valence electrons. The Morgan fingerprint density at radius 2 is 1.81 bits per heavy atom. The van der Waals surface area contributed by atoms with E-state index < -0.39 is 0 Å². The van der Waals surface area contributed by atoms with Crippen LogP contribution in [0.4, 0.5) is 17.6 Å². The number of methoxy groups -OCH3 is 1. The predicted molar refractivity (Wildman–Crippen MR) is 107 cm³/mol. The van der Waals surface area contributed by atoms with Crippen molar-refractivity contribution in [1.29, 1.82) is 0 Å². The molecular weight excluding hydrogens is 352 g/mol. The Labute approximate surface area is 160 Å². The van der Waals surface area contributed by atoms with Crippen molar-refractivity contribution < 1.29 is 9.47 Å². The third-order valence-electron chi connectivity index (χ3n) is 4.50. The van der Waals surface area contributed by atoms with E-state index in [-0.39, 0.29) is 0 Å². The third kappa shape index (κ3) is 5.39. The molecule has 8 nitrogen and oxygen atoms in total. The lowest BCUT2D eigenvalue weighted by Gasteiger charge is -2.29. The molecule has 0 spiro atoms. The summed E-state index contributed by atoms with van der Waals surface area (Å²) in [6, 6.07) is 2.08. The van der Waals surface area contributed by atoms with Crippen LogP contribution in [-0.4, -0.2) is 74.7 Å². The maximum atomic E-state index is 5.46. The van der Waals surface area contributed by atoms with Gasteiger partial charge >= 0.3 is 0 Å². The number of nitrogens with zero attached hydrogens (tertiary/aromatic N) is 4. The van der Waals surface area contributed by atoms with E-state index in [2.05, 4.69) is 36.5 Å². The molecule has 2 saturated heterocycles. The van der Waals surface area contributed by atoms with Crippen LogP contribution in [0.25, 0.3) is 0 Å². The van der Waals surface area contributed by atoms with Crippen molar-refractivity contribution in [3.63, 3.8) is 0 Å². The van der Waals surface area contributed by atoms with Crippen molar-refractivity contribution in [3.8, 4) is 0 Å². The van der Waals surface area contributed by atoms with Crippen LogP contribution in [-0.2, 0) is 9.47 Å². The molecule has 0 aliphatic carbocycles. The number of rotatable bonds is 7. The summed E-state index contributed by atoms with van der Waals surface area (Å²) in [6.07, 6.45) is 3.31. The van der Waals surface area contributed by atoms with Gasteiger partial charge in [0.25, 0.3) is 0 Å². The standard InChI is InChI=1S/C17H28N6O2S/c1-24-10-4-5-18-17(26)21-16-19-14(22-6-2-3-7-22)13-15(20-16)23-8-11-25-12-9-23/h13H,2-12H2,1H3,(H2,18,19,20,21,26). The highest BCUT2D eigenvalue weighted by atomic mass is 32.1. The lowest BCUT2D eigenvalue weighted by molar-refractivity contribution is 0.122. The second-order valence-corrected chi connectivity index (χ2v) is 6.84. The fourth-order valence-corrected chi connectivity index (χ4v) is 3.30.